The molecule has 2 N–H and O–H groups in total. The molecule has 0 radical (unpaired) electrons. The molecular weight excluding hydrogens is 500 g/mol. The number of nitrogens with one attached hydrogen (secondary N) is 2. The molecule has 1 fully saturated rings. The van der Waals surface area contributed by atoms with Crippen LogP contribution >= 0.6 is 0 Å². The molecule has 11 heteroatoms. The predicted molar refractivity (Wildman–Crippen MR) is 123 cm³/mol. The summed E-state index contributed by atoms with van der Waals surface area (Å²) in [5, 5.41) is 5.47. The molecule has 1 saturated carbocycles. The van der Waals surface area contributed by atoms with E-state index in [1.54, 1.807) is 24.3 Å². The smallest absolute Gasteiger partial charge is 0.355 e. The average Bonchev–Trinajstić information content (AvgIpc) is 3.63. The average molecular weight is 521 g/mol. The van der Waals surface area contributed by atoms with Gasteiger partial charge in [0.05, 0.1) is 22.2 Å². The maximum atomic E-state index is 13.2. The van der Waals surface area contributed by atoms with Gasteiger partial charge in [-0.2, -0.15) is 26.3 Å². The summed E-state index contributed by atoms with van der Waals surface area (Å²) in [7, 11) is 0. The molecule has 0 unspecified atom stereocenters. The molecule has 0 aliphatic heterocycles. The Morgan fingerprint density at radius 2 is 1.57 bits per heavy atom. The topological polar surface area (TPSA) is 71.1 Å². The van der Waals surface area contributed by atoms with E-state index in [4.69, 9.17) is 0 Å². The summed E-state index contributed by atoms with van der Waals surface area (Å²) < 4.78 is 78.3. The Hall–Kier alpha value is -3.89. The lowest BCUT2D eigenvalue weighted by Crippen LogP contribution is -2.33. The quantitative estimate of drug-likeness (QED) is 0.261. The van der Waals surface area contributed by atoms with Crippen LogP contribution in [0.1, 0.15) is 46.3 Å². The van der Waals surface area contributed by atoms with Crippen molar-refractivity contribution in [2.24, 2.45) is 5.41 Å². The Balaban J connectivity index is 1.34. The molecule has 5 nitrogen and oxygen atoms in total. The number of benzene rings is 2. The summed E-state index contributed by atoms with van der Waals surface area (Å²) in [5.74, 6) is -0.983. The lowest BCUT2D eigenvalue weighted by Gasteiger charge is -2.16. The number of anilines is 2. The molecule has 3 aromatic rings. The number of para-hydroxylation sites is 1. The highest BCUT2D eigenvalue weighted by Crippen LogP contribution is 2.49. The van der Waals surface area contributed by atoms with Crippen molar-refractivity contribution in [3.05, 3.63) is 89.2 Å². The number of pyridine rings is 1. The summed E-state index contributed by atoms with van der Waals surface area (Å²) in [6.45, 7) is 0.110. The van der Waals surface area contributed by atoms with Crippen molar-refractivity contribution in [1.82, 2.24) is 10.3 Å². The van der Waals surface area contributed by atoms with Crippen LogP contribution in [-0.4, -0.2) is 16.7 Å². The van der Waals surface area contributed by atoms with Crippen LogP contribution in [0.25, 0.3) is 0 Å². The van der Waals surface area contributed by atoms with E-state index in [0.29, 0.717) is 30.3 Å². The standard InChI is InChI=1S/C26H21F6N3O2/c27-25(28,29)18-11-17(14-33-15-18)22(36)12-24(9-10-24)23(37)34-13-16-5-7-19(8-6-16)35-21-4-2-1-3-20(21)26(30,31)32/h1-8,11,14-15,35H,9-10,12-13H2,(H,34,37). The molecule has 0 spiro atoms. The van der Waals surface area contributed by atoms with Crippen LogP contribution in [-0.2, 0) is 23.7 Å². The van der Waals surface area contributed by atoms with Gasteiger partial charge in [-0.05, 0) is 48.7 Å². The van der Waals surface area contributed by atoms with E-state index in [9.17, 15) is 35.9 Å². The zero-order valence-electron chi connectivity index (χ0n) is 19.2. The third kappa shape index (κ3) is 6.28. The van der Waals surface area contributed by atoms with Gasteiger partial charge in [0.25, 0.3) is 0 Å². The van der Waals surface area contributed by atoms with Crippen LogP contribution < -0.4 is 10.6 Å². The highest BCUT2D eigenvalue weighted by molar-refractivity contribution is 6.00. The summed E-state index contributed by atoms with van der Waals surface area (Å²) >= 11 is 0. The fourth-order valence-corrected chi connectivity index (χ4v) is 3.86. The maximum absolute atomic E-state index is 13.2. The number of hydrogen-bond donors (Lipinski definition) is 2. The summed E-state index contributed by atoms with van der Waals surface area (Å²) in [6, 6.07) is 12.2. The van der Waals surface area contributed by atoms with E-state index < -0.39 is 34.7 Å². The van der Waals surface area contributed by atoms with E-state index in [1.165, 1.54) is 18.2 Å². The van der Waals surface area contributed by atoms with Crippen molar-refractivity contribution in [3.63, 3.8) is 0 Å². The Bertz CT molecular complexity index is 1300. The number of halogens is 6. The Morgan fingerprint density at radius 1 is 0.892 bits per heavy atom. The second kappa shape index (κ2) is 9.87. The third-order valence-electron chi connectivity index (χ3n) is 6.14. The first-order valence-electron chi connectivity index (χ1n) is 11.2. The number of alkyl halides is 6. The molecule has 2 aromatic carbocycles. The lowest BCUT2D eigenvalue weighted by atomic mass is 9.94. The number of aromatic nitrogens is 1. The molecule has 37 heavy (non-hydrogen) atoms. The summed E-state index contributed by atoms with van der Waals surface area (Å²) in [5.41, 5.74) is -2.01. The maximum Gasteiger partial charge on any atom is 0.418 e. The van der Waals surface area contributed by atoms with Crippen molar-refractivity contribution in [2.75, 3.05) is 5.32 Å². The molecule has 1 aliphatic carbocycles. The van der Waals surface area contributed by atoms with Crippen LogP contribution in [0.15, 0.2) is 67.0 Å². The predicted octanol–water partition coefficient (Wildman–Crippen LogP) is 6.53. The van der Waals surface area contributed by atoms with E-state index in [1.807, 2.05) is 0 Å². The zero-order valence-corrected chi connectivity index (χ0v) is 19.2. The SMILES string of the molecule is O=C(CC1(C(=O)NCc2ccc(Nc3ccccc3C(F)(F)F)cc2)CC1)c1cncc(C(F)(F)F)c1. The Morgan fingerprint density at radius 3 is 2.19 bits per heavy atom. The number of carbonyl (C=O) groups is 2. The first-order chi connectivity index (χ1) is 17.4. The van der Waals surface area contributed by atoms with Crippen molar-refractivity contribution in [3.8, 4) is 0 Å². The van der Waals surface area contributed by atoms with Gasteiger partial charge in [-0.1, -0.05) is 24.3 Å². The number of ketones is 1. The summed E-state index contributed by atoms with van der Waals surface area (Å²) in [6.07, 6.45) is -6.84. The number of amides is 1. The lowest BCUT2D eigenvalue weighted by molar-refractivity contribution is -0.138. The van der Waals surface area contributed by atoms with Gasteiger partial charge in [-0.15, -0.1) is 0 Å². The van der Waals surface area contributed by atoms with Crippen LogP contribution in [0.3, 0.4) is 0 Å². The second-order valence-electron chi connectivity index (χ2n) is 8.89. The highest BCUT2D eigenvalue weighted by atomic mass is 19.4. The van der Waals surface area contributed by atoms with Crippen LogP contribution in [0.2, 0.25) is 0 Å². The minimum Gasteiger partial charge on any atom is -0.355 e. The van der Waals surface area contributed by atoms with Gasteiger partial charge in [0.1, 0.15) is 0 Å². The molecular formula is C26H21F6N3O2. The van der Waals surface area contributed by atoms with E-state index in [-0.39, 0.29) is 30.1 Å². The van der Waals surface area contributed by atoms with Crippen molar-refractivity contribution >= 4 is 23.1 Å². The van der Waals surface area contributed by atoms with Gasteiger partial charge in [0.15, 0.2) is 5.78 Å². The molecule has 0 atom stereocenters. The van der Waals surface area contributed by atoms with Crippen LogP contribution in [0.4, 0.5) is 37.7 Å². The van der Waals surface area contributed by atoms with Gasteiger partial charge in [0, 0.05) is 36.6 Å². The second-order valence-corrected chi connectivity index (χ2v) is 8.89. The monoisotopic (exact) mass is 521 g/mol. The normalized spacial score (nSPS) is 14.6. The highest BCUT2D eigenvalue weighted by Gasteiger charge is 2.51. The van der Waals surface area contributed by atoms with E-state index in [0.717, 1.165) is 18.3 Å². The van der Waals surface area contributed by atoms with Gasteiger partial charge in [-0.25, -0.2) is 0 Å². The van der Waals surface area contributed by atoms with Gasteiger partial charge >= 0.3 is 12.4 Å². The molecule has 4 rings (SSSR count). The molecule has 194 valence electrons. The van der Waals surface area contributed by atoms with Gasteiger partial charge < -0.3 is 10.6 Å². The number of nitrogens with zero attached hydrogens (tertiary/aromatic N) is 1. The number of carbonyl (C=O) groups excluding carboxylic acids is 2. The number of hydrogen-bond acceptors (Lipinski definition) is 4. The zero-order chi connectivity index (χ0) is 26.8. The Labute approximate surface area is 207 Å². The van der Waals surface area contributed by atoms with Crippen LogP contribution in [0.5, 0.6) is 0 Å². The summed E-state index contributed by atoms with van der Waals surface area (Å²) in [4.78, 5) is 28.8. The minimum atomic E-state index is -4.63. The molecule has 0 bridgehead atoms. The van der Waals surface area contributed by atoms with Gasteiger partial charge in [0.2, 0.25) is 5.91 Å². The number of Topliss-reactive ketones (excluding diaryl/α,β-unsaturated/α-hetero) is 1. The molecule has 1 amide bonds. The molecule has 0 saturated heterocycles. The molecule has 1 aromatic heterocycles. The number of rotatable bonds is 8. The first kappa shape index (κ1) is 26.2. The Kier molecular flexibility index (Phi) is 6.98. The molecule has 1 heterocycles. The molecule has 1 aliphatic rings. The van der Waals surface area contributed by atoms with E-state index >= 15 is 0 Å². The minimum absolute atomic E-state index is 0.0904. The van der Waals surface area contributed by atoms with Gasteiger partial charge in [-0.3, -0.25) is 14.6 Å². The van der Waals surface area contributed by atoms with E-state index in [2.05, 4.69) is 15.6 Å². The fourth-order valence-electron chi connectivity index (χ4n) is 3.86. The van der Waals surface area contributed by atoms with Crippen molar-refractivity contribution in [1.29, 1.82) is 0 Å². The fraction of sp³-hybridized carbons (Fsp3) is 0.269. The third-order valence-corrected chi connectivity index (χ3v) is 6.14. The first-order valence-corrected chi connectivity index (χ1v) is 11.2. The van der Waals surface area contributed by atoms with Crippen molar-refractivity contribution in [2.45, 2.75) is 38.2 Å². The largest absolute Gasteiger partial charge is 0.418 e. The van der Waals surface area contributed by atoms with Crippen molar-refractivity contribution < 1.29 is 35.9 Å². The van der Waals surface area contributed by atoms with Crippen LogP contribution in [0, 0.1) is 5.41 Å².